The average molecular weight is 361 g/mol. The van der Waals surface area contributed by atoms with Crippen LogP contribution in [0.4, 0.5) is 0 Å². The molecule has 0 N–H and O–H groups in total. The molecule has 0 bridgehead atoms. The second-order valence-corrected chi connectivity index (χ2v) is 7.64. The third kappa shape index (κ3) is 3.33. The van der Waals surface area contributed by atoms with E-state index in [1.807, 2.05) is 19.1 Å². The number of hydrogen-bond donors (Lipinski definition) is 0. The Morgan fingerprint density at radius 2 is 1.54 bits per heavy atom. The third-order valence-electron chi connectivity index (χ3n) is 3.87. The van der Waals surface area contributed by atoms with E-state index in [0.29, 0.717) is 27.4 Å². The van der Waals surface area contributed by atoms with Gasteiger partial charge in [0.15, 0.2) is 0 Å². The van der Waals surface area contributed by atoms with Gasteiger partial charge in [0.25, 0.3) is 0 Å². The van der Waals surface area contributed by atoms with Crippen LogP contribution in [0.3, 0.4) is 0 Å². The van der Waals surface area contributed by atoms with Crippen LogP contribution < -0.4 is 0 Å². The maximum Gasteiger partial charge on any atom is 0.249 e. The summed E-state index contributed by atoms with van der Waals surface area (Å²) in [5.74, 6) is 0.819. The molecule has 124 valence electrons. The molecule has 2 aromatic carbocycles. The van der Waals surface area contributed by atoms with Crippen molar-refractivity contribution in [1.29, 1.82) is 0 Å². The molecule has 0 saturated heterocycles. The zero-order chi connectivity index (χ0) is 17.5. The fraction of sp³-hybridized carbons (Fsp3) is 0.263. The summed E-state index contributed by atoms with van der Waals surface area (Å²) in [7, 11) is 0. The van der Waals surface area contributed by atoms with Gasteiger partial charge in [0.1, 0.15) is 0 Å². The van der Waals surface area contributed by atoms with Crippen LogP contribution in [0.1, 0.15) is 31.9 Å². The molecule has 0 aliphatic heterocycles. The standard InChI is InChI=1S/C19H18Cl2N2O/c1-11-9-14(20)10-15(16(11)21)18-23-22-17(24-18)12-5-7-13(8-6-12)19(2,3)4/h5-10H,1-4H3. The predicted molar refractivity (Wildman–Crippen MR) is 98.6 cm³/mol. The molecule has 0 radical (unpaired) electrons. The van der Waals surface area contributed by atoms with Crippen LogP contribution in [0.15, 0.2) is 40.8 Å². The summed E-state index contributed by atoms with van der Waals surface area (Å²) in [6, 6.07) is 11.7. The first-order chi connectivity index (χ1) is 11.3. The molecule has 0 unspecified atom stereocenters. The van der Waals surface area contributed by atoms with Crippen molar-refractivity contribution in [1.82, 2.24) is 10.2 Å². The van der Waals surface area contributed by atoms with Crippen LogP contribution in [-0.4, -0.2) is 10.2 Å². The van der Waals surface area contributed by atoms with Crippen LogP contribution in [0.5, 0.6) is 0 Å². The van der Waals surface area contributed by atoms with E-state index in [1.165, 1.54) is 5.56 Å². The first kappa shape index (κ1) is 17.0. The predicted octanol–water partition coefficient (Wildman–Crippen LogP) is 6.32. The lowest BCUT2D eigenvalue weighted by atomic mass is 9.87. The SMILES string of the molecule is Cc1cc(Cl)cc(-c2nnc(-c3ccc(C(C)(C)C)cc3)o2)c1Cl. The van der Waals surface area contributed by atoms with Crippen molar-refractivity contribution in [3.05, 3.63) is 57.6 Å². The van der Waals surface area contributed by atoms with Gasteiger partial charge in [0, 0.05) is 10.6 Å². The zero-order valence-electron chi connectivity index (χ0n) is 14.0. The van der Waals surface area contributed by atoms with Crippen molar-refractivity contribution in [2.24, 2.45) is 0 Å². The van der Waals surface area contributed by atoms with Crippen LogP contribution in [0.2, 0.25) is 10.0 Å². The second kappa shape index (κ2) is 6.23. The van der Waals surface area contributed by atoms with Gasteiger partial charge in [-0.3, -0.25) is 0 Å². The highest BCUT2D eigenvalue weighted by molar-refractivity contribution is 6.35. The molecule has 3 nitrogen and oxygen atoms in total. The minimum absolute atomic E-state index is 0.102. The number of rotatable bonds is 2. The van der Waals surface area contributed by atoms with Gasteiger partial charge >= 0.3 is 0 Å². The van der Waals surface area contributed by atoms with E-state index in [9.17, 15) is 0 Å². The van der Waals surface area contributed by atoms with Gasteiger partial charge in [-0.2, -0.15) is 0 Å². The summed E-state index contributed by atoms with van der Waals surface area (Å²) < 4.78 is 5.81. The normalized spacial score (nSPS) is 11.8. The summed E-state index contributed by atoms with van der Waals surface area (Å²) in [5, 5.41) is 9.41. The summed E-state index contributed by atoms with van der Waals surface area (Å²) >= 11 is 12.4. The molecule has 0 aliphatic rings. The first-order valence-corrected chi connectivity index (χ1v) is 8.42. The van der Waals surface area contributed by atoms with E-state index < -0.39 is 0 Å². The highest BCUT2D eigenvalue weighted by Gasteiger charge is 2.17. The van der Waals surface area contributed by atoms with Crippen molar-refractivity contribution in [2.45, 2.75) is 33.1 Å². The topological polar surface area (TPSA) is 38.9 Å². The highest BCUT2D eigenvalue weighted by atomic mass is 35.5. The van der Waals surface area contributed by atoms with Gasteiger partial charge in [-0.1, -0.05) is 56.1 Å². The Bertz CT molecular complexity index is 877. The van der Waals surface area contributed by atoms with Crippen molar-refractivity contribution in [3.63, 3.8) is 0 Å². The largest absolute Gasteiger partial charge is 0.416 e. The Morgan fingerprint density at radius 1 is 0.917 bits per heavy atom. The molecule has 3 aromatic rings. The van der Waals surface area contributed by atoms with Crippen molar-refractivity contribution >= 4 is 23.2 Å². The van der Waals surface area contributed by atoms with Crippen LogP contribution >= 0.6 is 23.2 Å². The second-order valence-electron chi connectivity index (χ2n) is 6.82. The lowest BCUT2D eigenvalue weighted by Crippen LogP contribution is -2.10. The number of hydrogen-bond acceptors (Lipinski definition) is 3. The summed E-state index contributed by atoms with van der Waals surface area (Å²) in [5.41, 5.74) is 3.74. The Kier molecular flexibility index (Phi) is 4.41. The molecule has 5 heteroatoms. The van der Waals surface area contributed by atoms with E-state index >= 15 is 0 Å². The van der Waals surface area contributed by atoms with Crippen molar-refractivity contribution in [3.8, 4) is 22.9 Å². The van der Waals surface area contributed by atoms with Crippen LogP contribution in [0, 0.1) is 6.92 Å². The van der Waals surface area contributed by atoms with Gasteiger partial charge < -0.3 is 4.42 Å². The van der Waals surface area contributed by atoms with E-state index in [4.69, 9.17) is 27.6 Å². The van der Waals surface area contributed by atoms with E-state index in [-0.39, 0.29) is 5.41 Å². The molecule has 0 atom stereocenters. The minimum Gasteiger partial charge on any atom is -0.416 e. The molecule has 0 saturated carbocycles. The van der Waals surface area contributed by atoms with Crippen LogP contribution in [-0.2, 0) is 5.41 Å². The number of halogens is 2. The molecular formula is C19H18Cl2N2O. The molecule has 0 spiro atoms. The minimum atomic E-state index is 0.102. The van der Waals surface area contributed by atoms with Gasteiger partial charge in [0.05, 0.1) is 10.6 Å². The highest BCUT2D eigenvalue weighted by Crippen LogP contribution is 2.34. The maximum atomic E-state index is 6.34. The Hall–Kier alpha value is -1.84. The van der Waals surface area contributed by atoms with E-state index in [0.717, 1.165) is 11.1 Å². The van der Waals surface area contributed by atoms with Gasteiger partial charge in [0.2, 0.25) is 11.8 Å². The molecule has 1 heterocycles. The summed E-state index contributed by atoms with van der Waals surface area (Å²) in [6.45, 7) is 8.42. The Balaban J connectivity index is 1.97. The summed E-state index contributed by atoms with van der Waals surface area (Å²) in [4.78, 5) is 0. The number of benzene rings is 2. The lowest BCUT2D eigenvalue weighted by molar-refractivity contribution is 0.582. The van der Waals surface area contributed by atoms with E-state index in [2.05, 4.69) is 43.1 Å². The zero-order valence-corrected chi connectivity index (χ0v) is 15.5. The van der Waals surface area contributed by atoms with Crippen molar-refractivity contribution < 1.29 is 4.42 Å². The fourth-order valence-electron chi connectivity index (χ4n) is 2.44. The van der Waals surface area contributed by atoms with E-state index in [1.54, 1.807) is 12.1 Å². The van der Waals surface area contributed by atoms with Crippen LogP contribution in [0.25, 0.3) is 22.9 Å². The maximum absolute atomic E-state index is 6.34. The first-order valence-electron chi connectivity index (χ1n) is 7.66. The van der Waals surface area contributed by atoms with Gasteiger partial charge in [-0.05, 0) is 47.7 Å². The quantitative estimate of drug-likeness (QED) is 0.536. The smallest absolute Gasteiger partial charge is 0.249 e. The molecule has 24 heavy (non-hydrogen) atoms. The molecule has 3 rings (SSSR count). The molecule has 1 aromatic heterocycles. The summed E-state index contributed by atoms with van der Waals surface area (Å²) in [6.07, 6.45) is 0. The Morgan fingerprint density at radius 3 is 2.17 bits per heavy atom. The van der Waals surface area contributed by atoms with Gasteiger partial charge in [-0.15, -0.1) is 10.2 Å². The lowest BCUT2D eigenvalue weighted by Gasteiger charge is -2.18. The van der Waals surface area contributed by atoms with Gasteiger partial charge in [-0.25, -0.2) is 0 Å². The Labute approximate surface area is 151 Å². The molecule has 0 amide bonds. The fourth-order valence-corrected chi connectivity index (χ4v) is 2.91. The average Bonchev–Trinajstić information content (AvgIpc) is 3.00. The number of aromatic nitrogens is 2. The molecule has 0 aliphatic carbocycles. The van der Waals surface area contributed by atoms with Crippen molar-refractivity contribution in [2.75, 3.05) is 0 Å². The number of aryl methyl sites for hydroxylation is 1. The third-order valence-corrected chi connectivity index (χ3v) is 4.59. The molecular weight excluding hydrogens is 343 g/mol. The monoisotopic (exact) mass is 360 g/mol. The number of nitrogens with zero attached hydrogens (tertiary/aromatic N) is 2. The molecule has 0 fully saturated rings.